The van der Waals surface area contributed by atoms with E-state index in [0.717, 1.165) is 10.0 Å². The van der Waals surface area contributed by atoms with E-state index in [4.69, 9.17) is 9.84 Å². The van der Waals surface area contributed by atoms with Gasteiger partial charge in [-0.2, -0.15) is 0 Å². The molecule has 0 saturated carbocycles. The number of carbonyl (C=O) groups excluding carboxylic acids is 1. The molecule has 0 bridgehead atoms. The summed E-state index contributed by atoms with van der Waals surface area (Å²) in [6, 6.07) is 6.95. The predicted octanol–water partition coefficient (Wildman–Crippen LogP) is 2.75. The second-order valence-electron chi connectivity index (χ2n) is 4.16. The number of amides is 1. The van der Waals surface area contributed by atoms with Gasteiger partial charge in [-0.25, -0.2) is 4.79 Å². The van der Waals surface area contributed by atoms with Crippen LogP contribution in [0.5, 0.6) is 0 Å². The van der Waals surface area contributed by atoms with E-state index in [9.17, 15) is 9.59 Å². The number of alkyl carbamates (subject to hydrolysis) is 1. The van der Waals surface area contributed by atoms with Crippen LogP contribution in [0.15, 0.2) is 41.4 Å². The fourth-order valence-electron chi connectivity index (χ4n) is 1.68. The molecule has 0 aliphatic heterocycles. The molecule has 0 fully saturated rings. The first-order chi connectivity index (χ1) is 9.51. The Hall–Kier alpha value is -1.82. The molecule has 20 heavy (non-hydrogen) atoms. The smallest absolute Gasteiger partial charge is 0.407 e. The highest BCUT2D eigenvalue weighted by atomic mass is 79.9. The van der Waals surface area contributed by atoms with Crippen LogP contribution in [-0.4, -0.2) is 29.8 Å². The van der Waals surface area contributed by atoms with Gasteiger partial charge < -0.3 is 15.2 Å². The minimum Gasteiger partial charge on any atom is -0.481 e. The summed E-state index contributed by atoms with van der Waals surface area (Å²) in [5, 5.41) is 11.4. The third-order valence-corrected chi connectivity index (χ3v) is 2.94. The van der Waals surface area contributed by atoms with Crippen LogP contribution in [0.2, 0.25) is 0 Å². The molecule has 5 nitrogen and oxygen atoms in total. The normalized spacial score (nSPS) is 11.4. The zero-order valence-corrected chi connectivity index (χ0v) is 12.4. The molecule has 0 spiro atoms. The van der Waals surface area contributed by atoms with Crippen molar-refractivity contribution in [3.63, 3.8) is 0 Å². The summed E-state index contributed by atoms with van der Waals surface area (Å²) in [4.78, 5) is 22.3. The van der Waals surface area contributed by atoms with E-state index >= 15 is 0 Å². The molecular weight excluding hydrogens is 326 g/mol. The number of benzene rings is 1. The summed E-state index contributed by atoms with van der Waals surface area (Å²) in [6.45, 7) is 3.52. The molecule has 108 valence electrons. The van der Waals surface area contributed by atoms with Gasteiger partial charge in [-0.15, -0.1) is 0 Å². The minimum atomic E-state index is -0.978. The lowest BCUT2D eigenvalue weighted by Gasteiger charge is -2.16. The maximum Gasteiger partial charge on any atom is 0.407 e. The summed E-state index contributed by atoms with van der Waals surface area (Å²) in [7, 11) is 0. The number of carbonyl (C=O) groups is 2. The molecule has 1 aromatic carbocycles. The van der Waals surface area contributed by atoms with Gasteiger partial charge in [0.1, 0.15) is 6.61 Å². The largest absolute Gasteiger partial charge is 0.481 e. The van der Waals surface area contributed by atoms with Gasteiger partial charge in [0, 0.05) is 10.5 Å². The number of ether oxygens (including phenoxy) is 1. The molecule has 1 aromatic rings. The zero-order valence-electron chi connectivity index (χ0n) is 10.8. The second kappa shape index (κ2) is 8.37. The van der Waals surface area contributed by atoms with E-state index in [-0.39, 0.29) is 13.0 Å². The molecule has 0 radical (unpaired) electrons. The number of carboxylic acid groups (broad SMARTS) is 1. The van der Waals surface area contributed by atoms with Crippen LogP contribution in [0.3, 0.4) is 0 Å². The molecule has 0 unspecified atom stereocenters. The Labute approximate surface area is 125 Å². The summed E-state index contributed by atoms with van der Waals surface area (Å²) < 4.78 is 5.70. The average molecular weight is 342 g/mol. The van der Waals surface area contributed by atoms with Gasteiger partial charge in [-0.1, -0.05) is 40.7 Å². The van der Waals surface area contributed by atoms with Crippen molar-refractivity contribution >= 4 is 28.0 Å². The van der Waals surface area contributed by atoms with E-state index in [1.807, 2.05) is 24.3 Å². The van der Waals surface area contributed by atoms with Gasteiger partial charge in [-0.05, 0) is 24.1 Å². The Morgan fingerprint density at radius 1 is 1.50 bits per heavy atom. The Balaban J connectivity index is 2.66. The van der Waals surface area contributed by atoms with Crippen molar-refractivity contribution in [2.24, 2.45) is 0 Å². The Morgan fingerprint density at radius 2 is 2.25 bits per heavy atom. The van der Waals surface area contributed by atoms with E-state index < -0.39 is 18.1 Å². The van der Waals surface area contributed by atoms with Gasteiger partial charge >= 0.3 is 12.1 Å². The minimum absolute atomic E-state index is 0.0858. The van der Waals surface area contributed by atoms with Gasteiger partial charge in [0.05, 0.1) is 6.42 Å². The van der Waals surface area contributed by atoms with Crippen LogP contribution >= 0.6 is 15.9 Å². The van der Waals surface area contributed by atoms with Gasteiger partial charge in [0.2, 0.25) is 0 Å². The Morgan fingerprint density at radius 3 is 2.85 bits per heavy atom. The molecule has 0 saturated heterocycles. The highest BCUT2D eigenvalue weighted by Crippen LogP contribution is 2.14. The molecule has 1 amide bonds. The van der Waals surface area contributed by atoms with E-state index in [0.29, 0.717) is 6.42 Å². The lowest BCUT2D eigenvalue weighted by molar-refractivity contribution is -0.137. The monoisotopic (exact) mass is 341 g/mol. The first-order valence-electron chi connectivity index (χ1n) is 6.01. The number of carboxylic acids is 1. The quantitative estimate of drug-likeness (QED) is 0.747. The summed E-state index contributed by atoms with van der Waals surface area (Å²) in [6.07, 6.45) is 1.04. The van der Waals surface area contributed by atoms with Crippen LogP contribution in [0.25, 0.3) is 0 Å². The van der Waals surface area contributed by atoms with Crippen molar-refractivity contribution in [3.05, 3.63) is 47.0 Å². The first kappa shape index (κ1) is 16.2. The Kier molecular flexibility index (Phi) is 6.79. The fourth-order valence-corrected chi connectivity index (χ4v) is 2.12. The lowest BCUT2D eigenvalue weighted by atomic mass is 10.0. The molecule has 0 aliphatic carbocycles. The predicted molar refractivity (Wildman–Crippen MR) is 78.6 cm³/mol. The van der Waals surface area contributed by atoms with Gasteiger partial charge in [-0.3, -0.25) is 4.79 Å². The van der Waals surface area contributed by atoms with Crippen molar-refractivity contribution in [1.29, 1.82) is 0 Å². The number of halogens is 1. The molecule has 0 aromatic heterocycles. The van der Waals surface area contributed by atoms with E-state index in [1.165, 1.54) is 6.08 Å². The SMILES string of the molecule is C=CCOC(=O)N[C@H](CC(=O)O)Cc1cccc(Br)c1. The van der Waals surface area contributed by atoms with Crippen LogP contribution in [-0.2, 0) is 16.0 Å². The summed E-state index contributed by atoms with van der Waals surface area (Å²) in [5.41, 5.74) is 0.926. The van der Waals surface area contributed by atoms with Crippen molar-refractivity contribution < 1.29 is 19.4 Å². The topological polar surface area (TPSA) is 75.6 Å². The lowest BCUT2D eigenvalue weighted by Crippen LogP contribution is -2.38. The molecule has 0 aliphatic rings. The molecule has 6 heteroatoms. The van der Waals surface area contributed by atoms with Crippen molar-refractivity contribution in [2.45, 2.75) is 18.9 Å². The molecule has 2 N–H and O–H groups in total. The average Bonchev–Trinajstić information content (AvgIpc) is 2.35. The third-order valence-electron chi connectivity index (χ3n) is 2.45. The second-order valence-corrected chi connectivity index (χ2v) is 5.08. The summed E-state index contributed by atoms with van der Waals surface area (Å²) >= 11 is 3.35. The number of hydrogen-bond donors (Lipinski definition) is 2. The molecule has 1 rings (SSSR count). The van der Waals surface area contributed by atoms with Gasteiger partial charge in [0.25, 0.3) is 0 Å². The summed E-state index contributed by atoms with van der Waals surface area (Å²) in [5.74, 6) is -0.978. The van der Waals surface area contributed by atoms with Crippen LogP contribution in [0.1, 0.15) is 12.0 Å². The Bertz CT molecular complexity index is 490. The van der Waals surface area contributed by atoms with Crippen molar-refractivity contribution in [3.8, 4) is 0 Å². The van der Waals surface area contributed by atoms with Gasteiger partial charge in [0.15, 0.2) is 0 Å². The number of aliphatic carboxylic acids is 1. The maximum absolute atomic E-state index is 11.5. The maximum atomic E-state index is 11.5. The van der Waals surface area contributed by atoms with Crippen LogP contribution < -0.4 is 5.32 Å². The fraction of sp³-hybridized carbons (Fsp3) is 0.286. The van der Waals surface area contributed by atoms with E-state index in [1.54, 1.807) is 0 Å². The van der Waals surface area contributed by atoms with E-state index in [2.05, 4.69) is 27.8 Å². The first-order valence-corrected chi connectivity index (χ1v) is 6.81. The zero-order chi connectivity index (χ0) is 15.0. The van der Waals surface area contributed by atoms with Crippen molar-refractivity contribution in [1.82, 2.24) is 5.32 Å². The molecule has 0 heterocycles. The standard InChI is InChI=1S/C14H16BrNO4/c1-2-6-20-14(19)16-12(9-13(17)18)8-10-4-3-5-11(15)7-10/h2-5,7,12H,1,6,8-9H2,(H,16,19)(H,17,18)/t12-/m0/s1. The number of rotatable bonds is 7. The van der Waals surface area contributed by atoms with Crippen LogP contribution in [0.4, 0.5) is 4.79 Å². The number of nitrogens with one attached hydrogen (secondary N) is 1. The van der Waals surface area contributed by atoms with Crippen LogP contribution in [0, 0.1) is 0 Å². The molecular formula is C14H16BrNO4. The highest BCUT2D eigenvalue weighted by Gasteiger charge is 2.17. The van der Waals surface area contributed by atoms with Crippen molar-refractivity contribution in [2.75, 3.05) is 6.61 Å². The molecule has 1 atom stereocenters. The highest BCUT2D eigenvalue weighted by molar-refractivity contribution is 9.10. The number of hydrogen-bond acceptors (Lipinski definition) is 3. The third kappa shape index (κ3) is 6.38.